The second kappa shape index (κ2) is 9.66. The molecule has 29 heavy (non-hydrogen) atoms. The Morgan fingerprint density at radius 3 is 1.69 bits per heavy atom. The molecule has 0 radical (unpaired) electrons. The third kappa shape index (κ3) is 5.77. The first-order valence-corrected chi connectivity index (χ1v) is 9.50. The van der Waals surface area contributed by atoms with Gasteiger partial charge < -0.3 is 10.6 Å². The van der Waals surface area contributed by atoms with Gasteiger partial charge in [0.05, 0.1) is 0 Å². The molecule has 3 aromatic rings. The highest BCUT2D eigenvalue weighted by Gasteiger charge is 2.08. The van der Waals surface area contributed by atoms with Crippen molar-refractivity contribution in [3.63, 3.8) is 0 Å². The maximum atomic E-state index is 12.3. The molecule has 0 saturated carbocycles. The van der Waals surface area contributed by atoms with E-state index in [1.165, 1.54) is 0 Å². The van der Waals surface area contributed by atoms with Crippen LogP contribution in [0.1, 0.15) is 31.8 Å². The van der Waals surface area contributed by atoms with E-state index in [0.717, 1.165) is 29.9 Å². The van der Waals surface area contributed by atoms with Crippen LogP contribution in [0.25, 0.3) is 0 Å². The molecule has 0 bridgehead atoms. The Balaban J connectivity index is 1.55. The van der Waals surface area contributed by atoms with E-state index in [1.54, 1.807) is 7.05 Å². The summed E-state index contributed by atoms with van der Waals surface area (Å²) in [6, 6.07) is 24.7. The van der Waals surface area contributed by atoms with E-state index in [1.807, 2.05) is 85.9 Å². The molecule has 2 amide bonds. The number of carbonyl (C=O) groups excluding carboxylic acids is 2. The van der Waals surface area contributed by atoms with Gasteiger partial charge in [-0.05, 0) is 54.6 Å². The number of nitrogens with zero attached hydrogens (tertiary/aromatic N) is 1. The summed E-state index contributed by atoms with van der Waals surface area (Å²) in [5.74, 6) is -0.200. The lowest BCUT2D eigenvalue weighted by Crippen LogP contribution is -2.19. The minimum atomic E-state index is -0.118. The van der Waals surface area contributed by atoms with Crippen LogP contribution in [-0.4, -0.2) is 30.8 Å². The smallest absolute Gasteiger partial charge is 0.255 e. The Hall–Kier alpha value is -3.44. The molecule has 0 aromatic heterocycles. The summed E-state index contributed by atoms with van der Waals surface area (Å²) in [7, 11) is 3.67. The Labute approximate surface area is 171 Å². The zero-order valence-corrected chi connectivity index (χ0v) is 16.7. The van der Waals surface area contributed by atoms with Gasteiger partial charge in [0.25, 0.3) is 11.8 Å². The first kappa shape index (κ1) is 20.3. The zero-order chi connectivity index (χ0) is 20.6. The van der Waals surface area contributed by atoms with Crippen molar-refractivity contribution in [2.45, 2.75) is 13.1 Å². The van der Waals surface area contributed by atoms with E-state index in [9.17, 15) is 9.59 Å². The van der Waals surface area contributed by atoms with E-state index in [2.05, 4.69) is 15.5 Å². The van der Waals surface area contributed by atoms with E-state index in [4.69, 9.17) is 0 Å². The fraction of sp³-hybridized carbons (Fsp3) is 0.167. The van der Waals surface area contributed by atoms with E-state index >= 15 is 0 Å². The predicted octanol–water partition coefficient (Wildman–Crippen LogP) is 3.93. The standard InChI is InChI=1S/C24H25N3O2/c1-25-23(28)20-12-8-18(9-13-20)16-27(2)17-19-10-14-21(15-11-19)24(29)26-22-6-4-3-5-7-22/h3-15H,16-17H2,1-2H3,(H,25,28)(H,26,29). The molecule has 3 aromatic carbocycles. The van der Waals surface area contributed by atoms with Crippen LogP contribution in [0.4, 0.5) is 5.69 Å². The number of benzene rings is 3. The third-order valence-corrected chi connectivity index (χ3v) is 4.60. The fourth-order valence-electron chi connectivity index (χ4n) is 3.07. The van der Waals surface area contributed by atoms with Crippen LogP contribution in [0, 0.1) is 0 Å². The van der Waals surface area contributed by atoms with E-state index in [-0.39, 0.29) is 11.8 Å². The Morgan fingerprint density at radius 1 is 0.724 bits per heavy atom. The van der Waals surface area contributed by atoms with Crippen LogP contribution < -0.4 is 10.6 Å². The lowest BCUT2D eigenvalue weighted by atomic mass is 10.1. The summed E-state index contributed by atoms with van der Waals surface area (Å²) in [4.78, 5) is 26.1. The van der Waals surface area contributed by atoms with E-state index in [0.29, 0.717) is 11.1 Å². The van der Waals surface area contributed by atoms with Crippen molar-refractivity contribution < 1.29 is 9.59 Å². The van der Waals surface area contributed by atoms with Gasteiger partial charge in [-0.1, -0.05) is 42.5 Å². The van der Waals surface area contributed by atoms with E-state index < -0.39 is 0 Å². The van der Waals surface area contributed by atoms with Crippen molar-refractivity contribution in [3.05, 3.63) is 101 Å². The summed E-state index contributed by atoms with van der Waals surface area (Å²) in [5.41, 5.74) is 4.34. The molecule has 0 fully saturated rings. The van der Waals surface area contributed by atoms with Crippen molar-refractivity contribution in [2.24, 2.45) is 0 Å². The zero-order valence-electron chi connectivity index (χ0n) is 16.7. The van der Waals surface area contributed by atoms with Crippen LogP contribution in [0.5, 0.6) is 0 Å². The maximum Gasteiger partial charge on any atom is 0.255 e. The average Bonchev–Trinajstić information content (AvgIpc) is 2.75. The first-order valence-electron chi connectivity index (χ1n) is 9.50. The Morgan fingerprint density at radius 2 is 1.21 bits per heavy atom. The molecule has 0 aliphatic rings. The van der Waals surface area contributed by atoms with Gasteiger partial charge in [-0.3, -0.25) is 14.5 Å². The van der Waals surface area contributed by atoms with Gasteiger partial charge in [0.1, 0.15) is 0 Å². The summed E-state index contributed by atoms with van der Waals surface area (Å²) >= 11 is 0. The summed E-state index contributed by atoms with van der Waals surface area (Å²) < 4.78 is 0. The molecule has 5 heteroatoms. The fourth-order valence-corrected chi connectivity index (χ4v) is 3.07. The van der Waals surface area contributed by atoms with Crippen LogP contribution in [-0.2, 0) is 13.1 Å². The van der Waals surface area contributed by atoms with Gasteiger partial charge in [-0.25, -0.2) is 0 Å². The second-order valence-corrected chi connectivity index (χ2v) is 6.97. The monoisotopic (exact) mass is 387 g/mol. The molecule has 3 rings (SSSR count). The van der Waals surface area contributed by atoms with Gasteiger partial charge in [0.15, 0.2) is 0 Å². The minimum Gasteiger partial charge on any atom is -0.355 e. The highest BCUT2D eigenvalue weighted by molar-refractivity contribution is 6.04. The van der Waals surface area contributed by atoms with Crippen molar-refractivity contribution in [3.8, 4) is 0 Å². The number of amides is 2. The SMILES string of the molecule is CNC(=O)c1ccc(CN(C)Cc2ccc(C(=O)Nc3ccccc3)cc2)cc1. The summed E-state index contributed by atoms with van der Waals surface area (Å²) in [6.45, 7) is 1.53. The lowest BCUT2D eigenvalue weighted by Gasteiger charge is -2.17. The third-order valence-electron chi connectivity index (χ3n) is 4.60. The molecule has 0 heterocycles. The molecule has 0 spiro atoms. The molecule has 5 nitrogen and oxygen atoms in total. The van der Waals surface area contributed by atoms with Crippen molar-refractivity contribution in [1.29, 1.82) is 0 Å². The topological polar surface area (TPSA) is 61.4 Å². The number of carbonyl (C=O) groups is 2. The highest BCUT2D eigenvalue weighted by Crippen LogP contribution is 2.13. The van der Waals surface area contributed by atoms with Gasteiger partial charge >= 0.3 is 0 Å². The largest absolute Gasteiger partial charge is 0.355 e. The van der Waals surface area contributed by atoms with Crippen molar-refractivity contribution in [2.75, 3.05) is 19.4 Å². The Bertz CT molecular complexity index is 952. The molecule has 2 N–H and O–H groups in total. The normalized spacial score (nSPS) is 10.6. The van der Waals surface area contributed by atoms with Crippen LogP contribution >= 0.6 is 0 Å². The molecule has 0 unspecified atom stereocenters. The number of rotatable bonds is 7. The van der Waals surface area contributed by atoms with Crippen LogP contribution in [0.15, 0.2) is 78.9 Å². The van der Waals surface area contributed by atoms with Crippen molar-refractivity contribution in [1.82, 2.24) is 10.2 Å². The quantitative estimate of drug-likeness (QED) is 0.646. The van der Waals surface area contributed by atoms with Gasteiger partial charge in [0, 0.05) is 37.0 Å². The molecule has 0 atom stereocenters. The Kier molecular flexibility index (Phi) is 6.76. The van der Waals surface area contributed by atoms with Crippen LogP contribution in [0.3, 0.4) is 0 Å². The highest BCUT2D eigenvalue weighted by atomic mass is 16.2. The molecule has 0 saturated heterocycles. The average molecular weight is 387 g/mol. The predicted molar refractivity (Wildman–Crippen MR) is 116 cm³/mol. The second-order valence-electron chi connectivity index (χ2n) is 6.97. The maximum absolute atomic E-state index is 12.3. The molecular formula is C24H25N3O2. The first-order chi connectivity index (χ1) is 14.0. The molecular weight excluding hydrogens is 362 g/mol. The van der Waals surface area contributed by atoms with Gasteiger partial charge in [-0.15, -0.1) is 0 Å². The van der Waals surface area contributed by atoms with Gasteiger partial charge in [-0.2, -0.15) is 0 Å². The number of anilines is 1. The molecule has 0 aliphatic heterocycles. The number of nitrogens with one attached hydrogen (secondary N) is 2. The summed E-state index contributed by atoms with van der Waals surface area (Å²) in [6.07, 6.45) is 0. The summed E-state index contributed by atoms with van der Waals surface area (Å²) in [5, 5.41) is 5.51. The molecule has 0 aliphatic carbocycles. The number of para-hydroxylation sites is 1. The number of hydrogen-bond acceptors (Lipinski definition) is 3. The lowest BCUT2D eigenvalue weighted by molar-refractivity contribution is 0.0962. The van der Waals surface area contributed by atoms with Gasteiger partial charge in [0.2, 0.25) is 0 Å². The molecule has 148 valence electrons. The van der Waals surface area contributed by atoms with Crippen LogP contribution in [0.2, 0.25) is 0 Å². The minimum absolute atomic E-state index is 0.0821. The van der Waals surface area contributed by atoms with Crippen molar-refractivity contribution >= 4 is 17.5 Å². The number of hydrogen-bond donors (Lipinski definition) is 2.